The number of amides is 1. The van der Waals surface area contributed by atoms with Crippen molar-refractivity contribution in [1.82, 2.24) is 15.1 Å². The fourth-order valence-electron chi connectivity index (χ4n) is 2.34. The summed E-state index contributed by atoms with van der Waals surface area (Å²) in [5, 5.41) is 6.75. The highest BCUT2D eigenvalue weighted by atomic mass is 16.5. The highest BCUT2D eigenvalue weighted by Gasteiger charge is 2.21. The lowest BCUT2D eigenvalue weighted by Gasteiger charge is -2.34. The summed E-state index contributed by atoms with van der Waals surface area (Å²) in [7, 11) is 1.62. The van der Waals surface area contributed by atoms with Gasteiger partial charge in [0.2, 0.25) is 0 Å². The van der Waals surface area contributed by atoms with E-state index in [0.717, 1.165) is 18.7 Å². The molecule has 0 saturated carbocycles. The van der Waals surface area contributed by atoms with Gasteiger partial charge in [0.25, 0.3) is 5.56 Å². The first-order valence-corrected chi connectivity index (χ1v) is 7.90. The molecule has 8 nitrogen and oxygen atoms in total. The molecule has 0 aromatic carbocycles. The van der Waals surface area contributed by atoms with E-state index in [1.807, 2.05) is 6.92 Å². The van der Waals surface area contributed by atoms with E-state index in [2.05, 4.69) is 15.3 Å². The van der Waals surface area contributed by atoms with E-state index in [4.69, 9.17) is 9.47 Å². The van der Waals surface area contributed by atoms with E-state index in [9.17, 15) is 9.59 Å². The number of hydrogen-bond donors (Lipinski definition) is 1. The van der Waals surface area contributed by atoms with Gasteiger partial charge in [-0.2, -0.15) is 5.10 Å². The van der Waals surface area contributed by atoms with Crippen LogP contribution in [-0.2, 0) is 16.5 Å². The molecule has 1 aliphatic heterocycles. The molecule has 0 bridgehead atoms. The smallest absolute Gasteiger partial charge is 0.407 e. The van der Waals surface area contributed by atoms with Gasteiger partial charge < -0.3 is 19.7 Å². The van der Waals surface area contributed by atoms with Gasteiger partial charge in [0.05, 0.1) is 31.2 Å². The minimum absolute atomic E-state index is 0.000664. The normalized spacial score (nSPS) is 17.8. The molecular formula is C15H24N4O4. The zero-order valence-electron chi connectivity index (χ0n) is 13.7. The fourth-order valence-corrected chi connectivity index (χ4v) is 2.34. The van der Waals surface area contributed by atoms with Gasteiger partial charge in [-0.1, -0.05) is 6.92 Å². The number of carbonyl (C=O) groups is 1. The molecule has 1 N–H and O–H groups in total. The lowest BCUT2D eigenvalue weighted by Crippen LogP contribution is -2.44. The van der Waals surface area contributed by atoms with Crippen LogP contribution in [0.25, 0.3) is 0 Å². The molecule has 1 fully saturated rings. The Balaban J connectivity index is 1.80. The lowest BCUT2D eigenvalue weighted by molar-refractivity contribution is 0.0352. The highest BCUT2D eigenvalue weighted by Crippen LogP contribution is 2.16. The minimum atomic E-state index is -0.393. The molecule has 2 rings (SSSR count). The van der Waals surface area contributed by atoms with Crippen LogP contribution >= 0.6 is 0 Å². The number of aromatic nitrogens is 2. The largest absolute Gasteiger partial charge is 0.450 e. The van der Waals surface area contributed by atoms with Crippen LogP contribution < -0.4 is 15.8 Å². The molecule has 8 heteroatoms. The standard InChI is InChI=1S/C15H24N4O4/c1-3-7-23-15(21)16-5-4-13-11-19(6-8-22-13)12-9-14(20)18(2)17-10-12/h9-10,13H,3-8,11H2,1-2H3,(H,16,21)/t13-/m0/s1. The minimum Gasteiger partial charge on any atom is -0.450 e. The molecule has 2 heterocycles. The molecule has 1 amide bonds. The molecule has 1 atom stereocenters. The summed E-state index contributed by atoms with van der Waals surface area (Å²) >= 11 is 0. The van der Waals surface area contributed by atoms with Crippen molar-refractivity contribution in [3.05, 3.63) is 22.6 Å². The number of nitrogens with zero attached hydrogens (tertiary/aromatic N) is 3. The number of morpholine rings is 1. The van der Waals surface area contributed by atoms with Gasteiger partial charge in [-0.3, -0.25) is 4.79 Å². The topological polar surface area (TPSA) is 85.7 Å². The van der Waals surface area contributed by atoms with Gasteiger partial charge in [0, 0.05) is 32.7 Å². The molecule has 1 saturated heterocycles. The summed E-state index contributed by atoms with van der Waals surface area (Å²) in [5.74, 6) is 0. The van der Waals surface area contributed by atoms with Crippen molar-refractivity contribution in [3.63, 3.8) is 0 Å². The van der Waals surface area contributed by atoms with Crippen LogP contribution in [0.2, 0.25) is 0 Å². The first-order valence-electron chi connectivity index (χ1n) is 7.90. The molecule has 1 aromatic heterocycles. The van der Waals surface area contributed by atoms with Crippen LogP contribution in [0.15, 0.2) is 17.1 Å². The van der Waals surface area contributed by atoms with Crippen molar-refractivity contribution in [2.45, 2.75) is 25.9 Å². The Kier molecular flexibility index (Phi) is 6.40. The van der Waals surface area contributed by atoms with Crippen LogP contribution in [0.1, 0.15) is 19.8 Å². The van der Waals surface area contributed by atoms with Gasteiger partial charge in [0.15, 0.2) is 0 Å². The fraction of sp³-hybridized carbons (Fsp3) is 0.667. The number of aryl methyl sites for hydroxylation is 1. The Hall–Kier alpha value is -2.09. The average molecular weight is 324 g/mol. The van der Waals surface area contributed by atoms with Crippen molar-refractivity contribution < 1.29 is 14.3 Å². The molecule has 0 unspecified atom stereocenters. The number of rotatable bonds is 6. The molecule has 0 radical (unpaired) electrons. The summed E-state index contributed by atoms with van der Waals surface area (Å²) < 4.78 is 12.0. The van der Waals surface area contributed by atoms with Crippen molar-refractivity contribution in [3.8, 4) is 0 Å². The van der Waals surface area contributed by atoms with E-state index < -0.39 is 6.09 Å². The van der Waals surface area contributed by atoms with Crippen molar-refractivity contribution >= 4 is 11.8 Å². The zero-order chi connectivity index (χ0) is 16.7. The first kappa shape index (κ1) is 17.3. The van der Waals surface area contributed by atoms with Gasteiger partial charge in [-0.05, 0) is 12.8 Å². The summed E-state index contributed by atoms with van der Waals surface area (Å²) in [6.07, 6.45) is 2.79. The lowest BCUT2D eigenvalue weighted by atomic mass is 10.2. The number of anilines is 1. The third-order valence-corrected chi connectivity index (χ3v) is 3.63. The van der Waals surface area contributed by atoms with E-state index in [1.165, 1.54) is 4.68 Å². The number of hydrogen-bond acceptors (Lipinski definition) is 6. The molecular weight excluding hydrogens is 300 g/mol. The van der Waals surface area contributed by atoms with Gasteiger partial charge in [-0.25, -0.2) is 9.48 Å². The predicted molar refractivity (Wildman–Crippen MR) is 85.7 cm³/mol. The molecule has 0 spiro atoms. The quantitative estimate of drug-likeness (QED) is 0.821. The Morgan fingerprint density at radius 3 is 3.13 bits per heavy atom. The monoisotopic (exact) mass is 324 g/mol. The van der Waals surface area contributed by atoms with Crippen LogP contribution in [0, 0.1) is 0 Å². The van der Waals surface area contributed by atoms with Crippen molar-refractivity contribution in [2.24, 2.45) is 7.05 Å². The Morgan fingerprint density at radius 1 is 1.57 bits per heavy atom. The Labute approximate surface area is 135 Å². The van der Waals surface area contributed by atoms with Crippen molar-refractivity contribution in [2.75, 3.05) is 37.7 Å². The van der Waals surface area contributed by atoms with Crippen LogP contribution in [0.3, 0.4) is 0 Å². The molecule has 128 valence electrons. The highest BCUT2D eigenvalue weighted by molar-refractivity contribution is 5.66. The summed E-state index contributed by atoms with van der Waals surface area (Å²) in [6.45, 7) is 4.84. The maximum atomic E-state index is 11.7. The Bertz CT molecular complexity index is 575. The third kappa shape index (κ3) is 5.24. The zero-order valence-corrected chi connectivity index (χ0v) is 13.7. The van der Waals surface area contributed by atoms with E-state index >= 15 is 0 Å². The summed E-state index contributed by atoms with van der Waals surface area (Å²) in [4.78, 5) is 25.1. The average Bonchev–Trinajstić information content (AvgIpc) is 2.56. The summed E-state index contributed by atoms with van der Waals surface area (Å²) in [6, 6.07) is 1.58. The first-order chi connectivity index (χ1) is 11.1. The number of ether oxygens (including phenoxy) is 2. The van der Waals surface area contributed by atoms with Crippen molar-refractivity contribution in [1.29, 1.82) is 0 Å². The van der Waals surface area contributed by atoms with Gasteiger partial charge >= 0.3 is 6.09 Å². The molecule has 1 aliphatic rings. The maximum absolute atomic E-state index is 11.7. The second-order valence-electron chi connectivity index (χ2n) is 5.47. The van der Waals surface area contributed by atoms with E-state index in [1.54, 1.807) is 19.3 Å². The van der Waals surface area contributed by atoms with Crippen LogP contribution in [0.5, 0.6) is 0 Å². The van der Waals surface area contributed by atoms with E-state index in [0.29, 0.717) is 32.7 Å². The SMILES string of the molecule is CCCOC(=O)NCC[C@H]1CN(c2cnn(C)c(=O)c2)CCO1. The second-order valence-corrected chi connectivity index (χ2v) is 5.47. The molecule has 1 aromatic rings. The number of alkyl carbamates (subject to hydrolysis) is 1. The molecule has 23 heavy (non-hydrogen) atoms. The van der Waals surface area contributed by atoms with Crippen LogP contribution in [-0.4, -0.2) is 54.8 Å². The second kappa shape index (κ2) is 8.52. The number of carbonyl (C=O) groups excluding carboxylic acids is 1. The van der Waals surface area contributed by atoms with Gasteiger partial charge in [0.1, 0.15) is 0 Å². The van der Waals surface area contributed by atoms with E-state index in [-0.39, 0.29) is 11.7 Å². The maximum Gasteiger partial charge on any atom is 0.407 e. The number of nitrogens with one attached hydrogen (secondary N) is 1. The van der Waals surface area contributed by atoms with Gasteiger partial charge in [-0.15, -0.1) is 0 Å². The third-order valence-electron chi connectivity index (χ3n) is 3.63. The Morgan fingerprint density at radius 2 is 2.39 bits per heavy atom. The van der Waals surface area contributed by atoms with Crippen LogP contribution in [0.4, 0.5) is 10.5 Å². The summed E-state index contributed by atoms with van der Waals surface area (Å²) in [5.41, 5.74) is 0.669. The predicted octanol–water partition coefficient (Wildman–Crippen LogP) is 0.512. The molecule has 0 aliphatic carbocycles.